The number of anilines is 1. The SMILES string of the molecule is COc1ccc(Cl)cc1NC(=O)CCc1nc(-c2ccncc2)no1. The lowest BCUT2D eigenvalue weighted by atomic mass is 10.2. The van der Waals surface area contributed by atoms with Gasteiger partial charge < -0.3 is 14.6 Å². The highest BCUT2D eigenvalue weighted by molar-refractivity contribution is 6.31. The Balaban J connectivity index is 1.60. The summed E-state index contributed by atoms with van der Waals surface area (Å²) in [5.41, 5.74) is 1.32. The lowest BCUT2D eigenvalue weighted by molar-refractivity contribution is -0.116. The molecule has 8 heteroatoms. The smallest absolute Gasteiger partial charge is 0.227 e. The molecule has 2 aromatic heterocycles. The molecule has 1 N–H and O–H groups in total. The molecule has 2 heterocycles. The van der Waals surface area contributed by atoms with E-state index in [4.69, 9.17) is 20.9 Å². The van der Waals surface area contributed by atoms with E-state index in [1.165, 1.54) is 7.11 Å². The molecule has 1 aromatic carbocycles. The maximum atomic E-state index is 12.1. The van der Waals surface area contributed by atoms with Crippen molar-refractivity contribution in [3.05, 3.63) is 53.6 Å². The van der Waals surface area contributed by atoms with Crippen LogP contribution in [0.1, 0.15) is 12.3 Å². The molecule has 1 amide bonds. The summed E-state index contributed by atoms with van der Waals surface area (Å²) >= 11 is 5.95. The van der Waals surface area contributed by atoms with Crippen molar-refractivity contribution in [1.82, 2.24) is 15.1 Å². The number of aromatic nitrogens is 3. The van der Waals surface area contributed by atoms with Crippen molar-refractivity contribution in [2.45, 2.75) is 12.8 Å². The summed E-state index contributed by atoms with van der Waals surface area (Å²) < 4.78 is 10.4. The second-order valence-electron chi connectivity index (χ2n) is 5.14. The van der Waals surface area contributed by atoms with Crippen LogP contribution in [-0.2, 0) is 11.2 Å². The zero-order valence-electron chi connectivity index (χ0n) is 13.4. The van der Waals surface area contributed by atoms with Gasteiger partial charge in [0.1, 0.15) is 5.75 Å². The number of carbonyl (C=O) groups is 1. The number of aryl methyl sites for hydroxylation is 1. The summed E-state index contributed by atoms with van der Waals surface area (Å²) in [6.45, 7) is 0. The number of methoxy groups -OCH3 is 1. The first-order valence-corrected chi connectivity index (χ1v) is 7.90. The minimum absolute atomic E-state index is 0.188. The number of nitrogens with zero attached hydrogens (tertiary/aromatic N) is 3. The Bertz CT molecular complexity index is 867. The molecule has 0 aliphatic rings. The van der Waals surface area contributed by atoms with Crippen LogP contribution < -0.4 is 10.1 Å². The highest BCUT2D eigenvalue weighted by atomic mass is 35.5. The number of amides is 1. The van der Waals surface area contributed by atoms with Crippen molar-refractivity contribution < 1.29 is 14.1 Å². The Morgan fingerprint density at radius 1 is 1.28 bits per heavy atom. The van der Waals surface area contributed by atoms with E-state index in [1.54, 1.807) is 42.7 Å². The summed E-state index contributed by atoms with van der Waals surface area (Å²) in [5, 5.41) is 7.18. The largest absolute Gasteiger partial charge is 0.495 e. The molecule has 0 atom stereocenters. The average molecular weight is 359 g/mol. The van der Waals surface area contributed by atoms with Gasteiger partial charge >= 0.3 is 0 Å². The predicted octanol–water partition coefficient (Wildman–Crippen LogP) is 3.36. The number of carbonyl (C=O) groups excluding carboxylic acids is 1. The van der Waals surface area contributed by atoms with Gasteiger partial charge in [0, 0.05) is 35.8 Å². The lowest BCUT2D eigenvalue weighted by Crippen LogP contribution is -2.13. The van der Waals surface area contributed by atoms with E-state index in [1.807, 2.05) is 0 Å². The van der Waals surface area contributed by atoms with Crippen molar-refractivity contribution in [3.8, 4) is 17.1 Å². The van der Waals surface area contributed by atoms with Crippen LogP contribution in [0.3, 0.4) is 0 Å². The van der Waals surface area contributed by atoms with Gasteiger partial charge in [0.2, 0.25) is 17.6 Å². The van der Waals surface area contributed by atoms with Crippen LogP contribution in [0.25, 0.3) is 11.4 Å². The highest BCUT2D eigenvalue weighted by Crippen LogP contribution is 2.27. The van der Waals surface area contributed by atoms with Crippen LogP contribution in [0.2, 0.25) is 5.02 Å². The van der Waals surface area contributed by atoms with Crippen molar-refractivity contribution in [3.63, 3.8) is 0 Å². The molecular weight excluding hydrogens is 344 g/mol. The first-order valence-electron chi connectivity index (χ1n) is 7.52. The molecule has 3 aromatic rings. The van der Waals surface area contributed by atoms with Gasteiger partial charge in [0.25, 0.3) is 0 Å². The average Bonchev–Trinajstić information content (AvgIpc) is 3.10. The third-order valence-corrected chi connectivity index (χ3v) is 3.64. The van der Waals surface area contributed by atoms with Gasteiger partial charge in [-0.15, -0.1) is 0 Å². The van der Waals surface area contributed by atoms with E-state index < -0.39 is 0 Å². The number of pyridine rings is 1. The molecule has 0 fully saturated rings. The van der Waals surface area contributed by atoms with Crippen LogP contribution >= 0.6 is 11.6 Å². The first kappa shape index (κ1) is 16.9. The van der Waals surface area contributed by atoms with E-state index in [9.17, 15) is 4.79 Å². The van der Waals surface area contributed by atoms with Crippen LogP contribution in [-0.4, -0.2) is 28.1 Å². The van der Waals surface area contributed by atoms with Gasteiger partial charge in [-0.05, 0) is 30.3 Å². The molecule has 0 bridgehead atoms. The molecule has 0 saturated heterocycles. The van der Waals surface area contributed by atoms with Crippen molar-refractivity contribution in [2.75, 3.05) is 12.4 Å². The molecule has 0 aliphatic carbocycles. The maximum absolute atomic E-state index is 12.1. The van der Waals surface area contributed by atoms with Crippen LogP contribution in [0.5, 0.6) is 5.75 Å². The first-order chi connectivity index (χ1) is 12.2. The summed E-state index contributed by atoms with van der Waals surface area (Å²) in [5.74, 6) is 1.19. The fraction of sp³-hybridized carbons (Fsp3) is 0.176. The van der Waals surface area contributed by atoms with Gasteiger partial charge in [0.15, 0.2) is 0 Å². The molecular formula is C17H15ClN4O3. The fourth-order valence-corrected chi connectivity index (χ4v) is 2.36. The van der Waals surface area contributed by atoms with Gasteiger partial charge in [0.05, 0.1) is 12.8 Å². The number of hydrogen-bond donors (Lipinski definition) is 1. The van der Waals surface area contributed by atoms with Gasteiger partial charge in [-0.1, -0.05) is 16.8 Å². The number of hydrogen-bond acceptors (Lipinski definition) is 6. The number of nitrogens with one attached hydrogen (secondary N) is 1. The van der Waals surface area contributed by atoms with Crippen molar-refractivity contribution in [2.24, 2.45) is 0 Å². The van der Waals surface area contributed by atoms with Crippen molar-refractivity contribution in [1.29, 1.82) is 0 Å². The summed E-state index contributed by atoms with van der Waals surface area (Å²) in [6.07, 6.45) is 3.81. The highest BCUT2D eigenvalue weighted by Gasteiger charge is 2.12. The molecule has 0 aliphatic heterocycles. The summed E-state index contributed by atoms with van der Waals surface area (Å²) in [6, 6.07) is 8.58. The van der Waals surface area contributed by atoms with Gasteiger partial charge in [-0.3, -0.25) is 9.78 Å². The van der Waals surface area contributed by atoms with E-state index >= 15 is 0 Å². The zero-order valence-corrected chi connectivity index (χ0v) is 14.2. The minimum atomic E-state index is -0.204. The fourth-order valence-electron chi connectivity index (χ4n) is 2.19. The number of halogens is 1. The Labute approximate surface area is 149 Å². The standard InChI is InChI=1S/C17H15ClN4O3/c1-24-14-3-2-12(18)10-13(14)20-15(23)4-5-16-21-17(22-25-16)11-6-8-19-9-7-11/h2-3,6-10H,4-5H2,1H3,(H,20,23). The summed E-state index contributed by atoms with van der Waals surface area (Å²) in [4.78, 5) is 20.3. The molecule has 7 nitrogen and oxygen atoms in total. The second-order valence-corrected chi connectivity index (χ2v) is 5.58. The Morgan fingerprint density at radius 3 is 2.84 bits per heavy atom. The molecule has 3 rings (SSSR count). The minimum Gasteiger partial charge on any atom is -0.495 e. The van der Waals surface area contributed by atoms with E-state index in [0.717, 1.165) is 5.56 Å². The Hall–Kier alpha value is -2.93. The third kappa shape index (κ3) is 4.33. The predicted molar refractivity (Wildman–Crippen MR) is 92.5 cm³/mol. The zero-order chi connectivity index (χ0) is 17.6. The molecule has 25 heavy (non-hydrogen) atoms. The molecule has 0 saturated carbocycles. The molecule has 0 radical (unpaired) electrons. The van der Waals surface area contributed by atoms with E-state index in [-0.39, 0.29) is 12.3 Å². The maximum Gasteiger partial charge on any atom is 0.227 e. The summed E-state index contributed by atoms with van der Waals surface area (Å²) in [7, 11) is 1.53. The number of rotatable bonds is 6. The quantitative estimate of drug-likeness (QED) is 0.726. The van der Waals surface area contributed by atoms with E-state index in [0.29, 0.717) is 34.6 Å². The monoisotopic (exact) mass is 358 g/mol. The van der Waals surface area contributed by atoms with Crippen molar-refractivity contribution >= 4 is 23.2 Å². The van der Waals surface area contributed by atoms with Crippen LogP contribution in [0, 0.1) is 0 Å². The Kier molecular flexibility index (Phi) is 5.25. The third-order valence-electron chi connectivity index (χ3n) is 3.41. The topological polar surface area (TPSA) is 90.1 Å². The van der Waals surface area contributed by atoms with Crippen LogP contribution in [0.15, 0.2) is 47.2 Å². The second kappa shape index (κ2) is 7.76. The molecule has 0 spiro atoms. The molecule has 0 unspecified atom stereocenters. The van der Waals surface area contributed by atoms with E-state index in [2.05, 4.69) is 20.4 Å². The number of ether oxygens (including phenoxy) is 1. The van der Waals surface area contributed by atoms with Gasteiger partial charge in [-0.2, -0.15) is 4.98 Å². The number of benzene rings is 1. The Morgan fingerprint density at radius 2 is 2.08 bits per heavy atom. The normalized spacial score (nSPS) is 10.5. The molecule has 128 valence electrons. The lowest BCUT2D eigenvalue weighted by Gasteiger charge is -2.10. The van der Waals surface area contributed by atoms with Crippen LogP contribution in [0.4, 0.5) is 5.69 Å². The van der Waals surface area contributed by atoms with Gasteiger partial charge in [-0.25, -0.2) is 0 Å².